The predicted octanol–water partition coefficient (Wildman–Crippen LogP) is 2.33. The quantitative estimate of drug-likeness (QED) is 0.302. The average molecular weight is 322 g/mol. The van der Waals surface area contributed by atoms with Gasteiger partial charge in [-0.05, 0) is 12.3 Å². The normalized spacial score (nSPS) is 12.6. The Morgan fingerprint density at radius 1 is 0.905 bits per heavy atom. The van der Waals surface area contributed by atoms with Crippen molar-refractivity contribution in [3.05, 3.63) is 0 Å². The SMILES string of the molecule is CCCCOCCOCCOCCOC(=O)C(S)C(C)C. The molecule has 0 radical (unpaired) electrons. The van der Waals surface area contributed by atoms with E-state index in [1.165, 1.54) is 0 Å². The van der Waals surface area contributed by atoms with Gasteiger partial charge in [0.05, 0.1) is 33.0 Å². The first-order valence-electron chi connectivity index (χ1n) is 7.67. The summed E-state index contributed by atoms with van der Waals surface area (Å²) >= 11 is 4.18. The van der Waals surface area contributed by atoms with Gasteiger partial charge < -0.3 is 18.9 Å². The van der Waals surface area contributed by atoms with Gasteiger partial charge in [-0.3, -0.25) is 4.79 Å². The zero-order valence-corrected chi connectivity index (χ0v) is 14.4. The molecule has 0 bridgehead atoms. The predicted molar refractivity (Wildman–Crippen MR) is 85.9 cm³/mol. The van der Waals surface area contributed by atoms with Crippen molar-refractivity contribution in [3.63, 3.8) is 0 Å². The van der Waals surface area contributed by atoms with Gasteiger partial charge >= 0.3 is 5.97 Å². The summed E-state index contributed by atoms with van der Waals surface area (Å²) in [5.41, 5.74) is 0. The number of unbranched alkanes of at least 4 members (excludes halogenated alkanes) is 1. The lowest BCUT2D eigenvalue weighted by atomic mass is 10.1. The maximum Gasteiger partial charge on any atom is 0.319 e. The van der Waals surface area contributed by atoms with Crippen molar-refractivity contribution in [3.8, 4) is 0 Å². The molecule has 0 aliphatic carbocycles. The second-order valence-corrected chi connectivity index (χ2v) is 5.60. The summed E-state index contributed by atoms with van der Waals surface area (Å²) in [7, 11) is 0. The average Bonchev–Trinajstić information content (AvgIpc) is 2.47. The molecule has 0 aromatic heterocycles. The monoisotopic (exact) mass is 322 g/mol. The van der Waals surface area contributed by atoms with Gasteiger partial charge in [-0.2, -0.15) is 12.6 Å². The summed E-state index contributed by atoms with van der Waals surface area (Å²) in [5, 5.41) is -0.374. The Balaban J connectivity index is 3.21. The molecule has 0 N–H and O–H groups in total. The number of hydrogen-bond acceptors (Lipinski definition) is 6. The number of hydrogen-bond donors (Lipinski definition) is 1. The van der Waals surface area contributed by atoms with Crippen LogP contribution < -0.4 is 0 Å². The first-order chi connectivity index (χ1) is 10.1. The Morgan fingerprint density at radius 2 is 1.38 bits per heavy atom. The molecule has 5 nitrogen and oxygen atoms in total. The molecule has 0 heterocycles. The zero-order valence-electron chi connectivity index (χ0n) is 13.5. The minimum atomic E-state index is -0.374. The Morgan fingerprint density at radius 3 is 1.86 bits per heavy atom. The van der Waals surface area contributed by atoms with E-state index in [9.17, 15) is 4.79 Å². The van der Waals surface area contributed by atoms with E-state index in [-0.39, 0.29) is 23.7 Å². The molecule has 0 aliphatic heterocycles. The standard InChI is InChI=1S/C15H30O5S/c1-4-5-6-17-7-8-18-9-10-19-11-12-20-15(16)14(21)13(2)3/h13-14,21H,4-12H2,1-3H3. The molecule has 1 atom stereocenters. The molecular formula is C15H30O5S. The van der Waals surface area contributed by atoms with E-state index in [2.05, 4.69) is 19.6 Å². The van der Waals surface area contributed by atoms with Crippen LogP contribution in [0.1, 0.15) is 33.6 Å². The Hall–Kier alpha value is -0.300. The lowest BCUT2D eigenvalue weighted by molar-refractivity contribution is -0.145. The highest BCUT2D eigenvalue weighted by Crippen LogP contribution is 2.10. The molecule has 0 fully saturated rings. The number of carbonyl (C=O) groups is 1. The van der Waals surface area contributed by atoms with Gasteiger partial charge in [-0.15, -0.1) is 0 Å². The minimum Gasteiger partial charge on any atom is -0.462 e. The Kier molecular flexibility index (Phi) is 14.4. The Labute approximate surface area is 134 Å². The van der Waals surface area contributed by atoms with Crippen molar-refractivity contribution in [2.24, 2.45) is 5.92 Å². The first kappa shape index (κ1) is 20.7. The maximum atomic E-state index is 11.5. The molecule has 0 aromatic carbocycles. The third kappa shape index (κ3) is 13.1. The van der Waals surface area contributed by atoms with E-state index in [0.29, 0.717) is 33.0 Å². The fourth-order valence-electron chi connectivity index (χ4n) is 1.35. The molecule has 126 valence electrons. The van der Waals surface area contributed by atoms with Crippen molar-refractivity contribution >= 4 is 18.6 Å². The highest BCUT2D eigenvalue weighted by atomic mass is 32.1. The van der Waals surface area contributed by atoms with E-state index < -0.39 is 0 Å². The molecule has 0 aliphatic rings. The van der Waals surface area contributed by atoms with E-state index >= 15 is 0 Å². The zero-order chi connectivity index (χ0) is 15.9. The summed E-state index contributed by atoms with van der Waals surface area (Å²) < 4.78 is 21.0. The van der Waals surface area contributed by atoms with Crippen molar-refractivity contribution in [2.75, 3.05) is 46.2 Å². The van der Waals surface area contributed by atoms with E-state index in [1.807, 2.05) is 13.8 Å². The van der Waals surface area contributed by atoms with Crippen LogP contribution in [0.15, 0.2) is 0 Å². The summed E-state index contributed by atoms with van der Waals surface area (Å²) in [6.45, 7) is 9.63. The molecular weight excluding hydrogens is 292 g/mol. The lowest BCUT2D eigenvalue weighted by Gasteiger charge is -2.13. The molecule has 0 amide bonds. The van der Waals surface area contributed by atoms with Gasteiger partial charge in [0.15, 0.2) is 0 Å². The first-order valence-corrected chi connectivity index (χ1v) is 8.19. The van der Waals surface area contributed by atoms with Gasteiger partial charge in [0.1, 0.15) is 11.9 Å². The van der Waals surface area contributed by atoms with E-state index in [0.717, 1.165) is 19.4 Å². The second-order valence-electron chi connectivity index (χ2n) is 5.05. The molecule has 21 heavy (non-hydrogen) atoms. The third-order valence-corrected chi connectivity index (χ3v) is 3.54. The van der Waals surface area contributed by atoms with Gasteiger partial charge in [-0.1, -0.05) is 27.2 Å². The highest BCUT2D eigenvalue weighted by molar-refractivity contribution is 7.81. The van der Waals surface area contributed by atoms with Gasteiger partial charge in [-0.25, -0.2) is 0 Å². The molecule has 0 spiro atoms. The number of ether oxygens (including phenoxy) is 4. The molecule has 0 rings (SSSR count). The van der Waals surface area contributed by atoms with Crippen LogP contribution in [0.5, 0.6) is 0 Å². The lowest BCUT2D eigenvalue weighted by Crippen LogP contribution is -2.24. The van der Waals surface area contributed by atoms with Crippen LogP contribution in [-0.2, 0) is 23.7 Å². The summed E-state index contributed by atoms with van der Waals surface area (Å²) in [6.07, 6.45) is 2.23. The largest absolute Gasteiger partial charge is 0.462 e. The summed E-state index contributed by atoms with van der Waals surface area (Å²) in [5.74, 6) is -0.132. The van der Waals surface area contributed by atoms with Crippen molar-refractivity contribution < 1.29 is 23.7 Å². The van der Waals surface area contributed by atoms with E-state index in [1.54, 1.807) is 0 Å². The molecule has 0 saturated heterocycles. The Bertz CT molecular complexity index is 248. The highest BCUT2D eigenvalue weighted by Gasteiger charge is 2.18. The summed E-state index contributed by atoms with van der Waals surface area (Å²) in [6, 6.07) is 0. The molecule has 0 aromatic rings. The second kappa shape index (κ2) is 14.6. The van der Waals surface area contributed by atoms with Crippen LogP contribution in [0, 0.1) is 5.92 Å². The number of esters is 1. The van der Waals surface area contributed by atoms with Crippen LogP contribution in [0.25, 0.3) is 0 Å². The maximum absolute atomic E-state index is 11.5. The van der Waals surface area contributed by atoms with Crippen LogP contribution >= 0.6 is 12.6 Å². The minimum absolute atomic E-state index is 0.162. The molecule has 1 unspecified atom stereocenters. The van der Waals surface area contributed by atoms with Crippen molar-refractivity contribution in [1.82, 2.24) is 0 Å². The fourth-order valence-corrected chi connectivity index (χ4v) is 1.42. The van der Waals surface area contributed by atoms with Gasteiger partial charge in [0, 0.05) is 6.61 Å². The topological polar surface area (TPSA) is 54.0 Å². The van der Waals surface area contributed by atoms with Crippen molar-refractivity contribution in [1.29, 1.82) is 0 Å². The van der Waals surface area contributed by atoms with Crippen molar-refractivity contribution in [2.45, 2.75) is 38.9 Å². The molecule has 6 heteroatoms. The van der Waals surface area contributed by atoms with Gasteiger partial charge in [0.2, 0.25) is 0 Å². The third-order valence-electron chi connectivity index (χ3n) is 2.73. The van der Waals surface area contributed by atoms with Crippen LogP contribution in [-0.4, -0.2) is 57.5 Å². The molecule has 0 saturated carbocycles. The van der Waals surface area contributed by atoms with Crippen LogP contribution in [0.4, 0.5) is 0 Å². The van der Waals surface area contributed by atoms with Crippen LogP contribution in [0.2, 0.25) is 0 Å². The smallest absolute Gasteiger partial charge is 0.319 e. The number of rotatable bonds is 14. The van der Waals surface area contributed by atoms with Gasteiger partial charge in [0.25, 0.3) is 0 Å². The van der Waals surface area contributed by atoms with Crippen LogP contribution in [0.3, 0.4) is 0 Å². The number of carbonyl (C=O) groups excluding carboxylic acids is 1. The fraction of sp³-hybridized carbons (Fsp3) is 0.933. The summed E-state index contributed by atoms with van der Waals surface area (Å²) in [4.78, 5) is 11.5. The van der Waals surface area contributed by atoms with E-state index in [4.69, 9.17) is 18.9 Å². The number of thiol groups is 1.